The summed E-state index contributed by atoms with van der Waals surface area (Å²) in [6.07, 6.45) is 0.608. The average molecular weight is 437 g/mol. The lowest BCUT2D eigenvalue weighted by Crippen LogP contribution is -2.43. The molecule has 1 heterocycles. The molecule has 0 saturated heterocycles. The van der Waals surface area contributed by atoms with Gasteiger partial charge < -0.3 is 19.7 Å². The van der Waals surface area contributed by atoms with Crippen molar-refractivity contribution in [1.82, 2.24) is 4.90 Å². The lowest BCUT2D eigenvalue weighted by molar-refractivity contribution is 0.0683. The number of anilines is 1. The third-order valence-corrected chi connectivity index (χ3v) is 5.57. The van der Waals surface area contributed by atoms with Crippen LogP contribution < -0.4 is 14.8 Å². The molecule has 1 aliphatic heterocycles. The van der Waals surface area contributed by atoms with Gasteiger partial charge in [0.1, 0.15) is 24.3 Å². The Bertz CT molecular complexity index is 1070. The Hall–Kier alpha value is -3.18. The molecule has 3 aromatic rings. The number of carbonyl (C=O) groups is 1. The van der Waals surface area contributed by atoms with Crippen molar-refractivity contribution >= 4 is 23.2 Å². The van der Waals surface area contributed by atoms with Gasteiger partial charge in [-0.15, -0.1) is 0 Å². The van der Waals surface area contributed by atoms with E-state index in [0.29, 0.717) is 23.7 Å². The van der Waals surface area contributed by atoms with Gasteiger partial charge in [-0.2, -0.15) is 0 Å². The summed E-state index contributed by atoms with van der Waals surface area (Å²) in [5.74, 6) is 1.50. The number of amides is 1. The lowest BCUT2D eigenvalue weighted by atomic mass is 10.0. The van der Waals surface area contributed by atoms with E-state index in [1.54, 1.807) is 19.2 Å². The van der Waals surface area contributed by atoms with Crippen LogP contribution in [-0.4, -0.2) is 24.5 Å². The number of rotatable bonds is 7. The smallest absolute Gasteiger partial charge is 0.257 e. The predicted molar refractivity (Wildman–Crippen MR) is 123 cm³/mol. The minimum absolute atomic E-state index is 0.0379. The van der Waals surface area contributed by atoms with E-state index in [4.69, 9.17) is 21.1 Å². The van der Waals surface area contributed by atoms with E-state index in [-0.39, 0.29) is 12.1 Å². The maximum atomic E-state index is 13.2. The molecule has 6 heteroatoms. The Morgan fingerprint density at radius 1 is 1.06 bits per heavy atom. The molecule has 0 aromatic heterocycles. The highest BCUT2D eigenvalue weighted by Crippen LogP contribution is 2.35. The number of benzene rings is 3. The molecule has 160 valence electrons. The number of fused-ring (bicyclic) bond motifs is 1. The van der Waals surface area contributed by atoms with Crippen molar-refractivity contribution < 1.29 is 14.3 Å². The Morgan fingerprint density at radius 3 is 2.58 bits per heavy atom. The standard InChI is InChI=1S/C25H25ClN2O3/c1-3-14-28-24(27-22-7-5-4-6-21(22)25(28)29)17-8-13-23(30-2)18(15-17)16-31-20-11-9-19(26)10-12-20/h4-13,15,24,27H,3,14,16H2,1-2H3/t24-/m0/s1. The Balaban J connectivity index is 1.64. The number of nitrogens with one attached hydrogen (secondary N) is 1. The first-order valence-corrected chi connectivity index (χ1v) is 10.7. The molecule has 4 rings (SSSR count). The van der Waals surface area contributed by atoms with Crippen LogP contribution in [0.2, 0.25) is 5.02 Å². The highest BCUT2D eigenvalue weighted by Gasteiger charge is 2.32. The Morgan fingerprint density at radius 2 is 1.84 bits per heavy atom. The minimum Gasteiger partial charge on any atom is -0.496 e. The van der Waals surface area contributed by atoms with Gasteiger partial charge in [-0.3, -0.25) is 4.79 Å². The van der Waals surface area contributed by atoms with Crippen molar-refractivity contribution in [1.29, 1.82) is 0 Å². The first kappa shape index (κ1) is 21.1. The number of carbonyl (C=O) groups excluding carboxylic acids is 1. The van der Waals surface area contributed by atoms with Crippen LogP contribution in [0.25, 0.3) is 0 Å². The maximum Gasteiger partial charge on any atom is 0.257 e. The van der Waals surface area contributed by atoms with Crippen LogP contribution in [0.4, 0.5) is 5.69 Å². The van der Waals surface area contributed by atoms with Crippen LogP contribution in [0, 0.1) is 0 Å². The van der Waals surface area contributed by atoms with Gasteiger partial charge in [0.15, 0.2) is 0 Å². The molecule has 3 aromatic carbocycles. The van der Waals surface area contributed by atoms with Gasteiger partial charge in [0.2, 0.25) is 0 Å². The van der Waals surface area contributed by atoms with Crippen LogP contribution in [-0.2, 0) is 6.61 Å². The van der Waals surface area contributed by atoms with Gasteiger partial charge in [0.05, 0.1) is 12.7 Å². The van der Waals surface area contributed by atoms with E-state index in [1.165, 1.54) is 0 Å². The number of para-hydroxylation sites is 1. The van der Waals surface area contributed by atoms with Gasteiger partial charge >= 0.3 is 0 Å². The molecule has 0 saturated carbocycles. The van der Waals surface area contributed by atoms with Crippen LogP contribution in [0.5, 0.6) is 11.5 Å². The third kappa shape index (κ3) is 4.47. The SMILES string of the molecule is CCCN1C(=O)c2ccccc2N[C@@H]1c1ccc(OC)c(COc2ccc(Cl)cc2)c1. The first-order valence-electron chi connectivity index (χ1n) is 10.3. The molecule has 1 N–H and O–H groups in total. The van der Waals surface area contributed by atoms with Gasteiger partial charge in [-0.1, -0.05) is 36.7 Å². The molecule has 0 spiro atoms. The summed E-state index contributed by atoms with van der Waals surface area (Å²) in [4.78, 5) is 15.0. The quantitative estimate of drug-likeness (QED) is 0.500. The van der Waals surface area contributed by atoms with Crippen molar-refractivity contribution in [3.05, 3.63) is 88.4 Å². The number of nitrogens with zero attached hydrogens (tertiary/aromatic N) is 1. The lowest BCUT2D eigenvalue weighted by Gasteiger charge is -2.38. The zero-order chi connectivity index (χ0) is 21.8. The monoisotopic (exact) mass is 436 g/mol. The summed E-state index contributed by atoms with van der Waals surface area (Å²) in [6.45, 7) is 3.07. The second kappa shape index (κ2) is 9.31. The molecule has 5 nitrogen and oxygen atoms in total. The second-order valence-electron chi connectivity index (χ2n) is 7.40. The van der Waals surface area contributed by atoms with Crippen molar-refractivity contribution in [3.63, 3.8) is 0 Å². The summed E-state index contributed by atoms with van der Waals surface area (Å²) in [5, 5.41) is 4.20. The van der Waals surface area contributed by atoms with Crippen molar-refractivity contribution in [2.45, 2.75) is 26.1 Å². The fourth-order valence-electron chi connectivity index (χ4n) is 3.80. The maximum absolute atomic E-state index is 13.2. The Labute approximate surface area is 187 Å². The van der Waals surface area contributed by atoms with E-state index >= 15 is 0 Å². The van der Waals surface area contributed by atoms with E-state index in [9.17, 15) is 4.79 Å². The summed E-state index contributed by atoms with van der Waals surface area (Å²) in [5.41, 5.74) is 3.43. The van der Waals surface area contributed by atoms with Gasteiger partial charge in [0, 0.05) is 22.8 Å². The van der Waals surface area contributed by atoms with E-state index in [2.05, 4.69) is 12.2 Å². The third-order valence-electron chi connectivity index (χ3n) is 5.31. The molecule has 31 heavy (non-hydrogen) atoms. The van der Waals surface area contributed by atoms with E-state index in [1.807, 2.05) is 59.5 Å². The van der Waals surface area contributed by atoms with Crippen molar-refractivity contribution in [2.24, 2.45) is 0 Å². The summed E-state index contributed by atoms with van der Waals surface area (Å²) >= 11 is 5.96. The number of hydrogen-bond acceptors (Lipinski definition) is 4. The van der Waals surface area contributed by atoms with E-state index in [0.717, 1.165) is 34.7 Å². The van der Waals surface area contributed by atoms with Crippen LogP contribution >= 0.6 is 11.6 Å². The predicted octanol–water partition coefficient (Wildman–Crippen LogP) is 5.90. The summed E-state index contributed by atoms with van der Waals surface area (Å²) < 4.78 is 11.5. The molecular weight excluding hydrogens is 412 g/mol. The molecule has 1 amide bonds. The van der Waals surface area contributed by atoms with Crippen LogP contribution in [0.15, 0.2) is 66.7 Å². The normalized spacial score (nSPS) is 15.3. The van der Waals surface area contributed by atoms with Gasteiger partial charge in [-0.25, -0.2) is 0 Å². The topological polar surface area (TPSA) is 50.8 Å². The summed E-state index contributed by atoms with van der Waals surface area (Å²) in [7, 11) is 1.64. The largest absolute Gasteiger partial charge is 0.496 e. The molecular formula is C25H25ClN2O3. The molecule has 0 bridgehead atoms. The minimum atomic E-state index is -0.262. The first-order chi connectivity index (χ1) is 15.1. The number of ether oxygens (including phenoxy) is 2. The molecule has 0 unspecified atom stereocenters. The van der Waals surface area contributed by atoms with Crippen LogP contribution in [0.3, 0.4) is 0 Å². The Kier molecular flexibility index (Phi) is 6.33. The highest BCUT2D eigenvalue weighted by molar-refractivity contribution is 6.30. The average Bonchev–Trinajstić information content (AvgIpc) is 2.80. The van der Waals surface area contributed by atoms with Crippen LogP contribution in [0.1, 0.15) is 41.0 Å². The zero-order valence-electron chi connectivity index (χ0n) is 17.6. The highest BCUT2D eigenvalue weighted by atomic mass is 35.5. The van der Waals surface area contributed by atoms with Crippen molar-refractivity contribution in [2.75, 3.05) is 19.0 Å². The van der Waals surface area contributed by atoms with Gasteiger partial charge in [-0.05, 0) is 60.5 Å². The number of methoxy groups -OCH3 is 1. The fraction of sp³-hybridized carbons (Fsp3) is 0.240. The molecule has 0 fully saturated rings. The van der Waals surface area contributed by atoms with E-state index < -0.39 is 0 Å². The fourth-order valence-corrected chi connectivity index (χ4v) is 3.93. The summed E-state index contributed by atoms with van der Waals surface area (Å²) in [6, 6.07) is 20.8. The molecule has 1 aliphatic rings. The number of halogens is 1. The number of hydrogen-bond donors (Lipinski definition) is 1. The zero-order valence-corrected chi connectivity index (χ0v) is 18.4. The second-order valence-corrected chi connectivity index (χ2v) is 7.84. The van der Waals surface area contributed by atoms with Gasteiger partial charge in [0.25, 0.3) is 5.91 Å². The molecule has 1 atom stereocenters. The molecule has 0 aliphatic carbocycles. The molecule has 0 radical (unpaired) electrons. The van der Waals surface area contributed by atoms with Crippen molar-refractivity contribution in [3.8, 4) is 11.5 Å².